The lowest BCUT2D eigenvalue weighted by Crippen LogP contribution is -2.51. The minimum Gasteiger partial charge on any atom is -0.468 e. The van der Waals surface area contributed by atoms with Crippen molar-refractivity contribution in [3.63, 3.8) is 0 Å². The molecule has 0 radical (unpaired) electrons. The van der Waals surface area contributed by atoms with Crippen molar-refractivity contribution in [2.45, 2.75) is 63.9 Å². The maximum Gasteiger partial charge on any atom is 0.251 e. The van der Waals surface area contributed by atoms with Crippen molar-refractivity contribution >= 4 is 19.9 Å². The number of fused-ring (bicyclic) bond motifs is 3. The van der Waals surface area contributed by atoms with Gasteiger partial charge in [-0.05, 0) is 60.8 Å². The van der Waals surface area contributed by atoms with Gasteiger partial charge in [0.15, 0.2) is 15.1 Å². The van der Waals surface area contributed by atoms with Crippen LogP contribution in [0.5, 0.6) is 5.75 Å². The van der Waals surface area contributed by atoms with Crippen molar-refractivity contribution < 1.29 is 23.4 Å². The molecule has 1 amide bonds. The number of methoxy groups -OCH3 is 1. The Balaban J connectivity index is 1.76. The first kappa shape index (κ1) is 23.0. The number of rotatable bonds is 8. The fourth-order valence-corrected chi connectivity index (χ4v) is 5.02. The molecule has 30 heavy (non-hydrogen) atoms. The number of carbonyl (C=O) groups is 1. The first-order valence-electron chi connectivity index (χ1n) is 10.6. The summed E-state index contributed by atoms with van der Waals surface area (Å²) in [7, 11) is -0.324. The van der Waals surface area contributed by atoms with Crippen LogP contribution in [0.25, 0.3) is 0 Å². The van der Waals surface area contributed by atoms with E-state index in [1.54, 1.807) is 13.2 Å². The molecule has 0 aromatic heterocycles. The third kappa shape index (κ3) is 4.96. The molecule has 3 rings (SSSR count). The highest BCUT2D eigenvalue weighted by Gasteiger charge is 2.45. The number of hydrogen-bond acceptors (Lipinski definition) is 5. The van der Waals surface area contributed by atoms with E-state index in [0.29, 0.717) is 13.2 Å². The molecule has 1 aromatic rings. The molecule has 166 valence electrons. The first-order chi connectivity index (χ1) is 14.1. The van der Waals surface area contributed by atoms with E-state index in [0.717, 1.165) is 29.8 Å². The van der Waals surface area contributed by atoms with E-state index in [9.17, 15) is 4.79 Å². The predicted octanol–water partition coefficient (Wildman–Crippen LogP) is 4.29. The molecule has 6 nitrogen and oxygen atoms in total. The fraction of sp³-hybridized carbons (Fsp3) is 0.609. The van der Waals surface area contributed by atoms with Gasteiger partial charge in [0.25, 0.3) is 5.91 Å². The van der Waals surface area contributed by atoms with Gasteiger partial charge < -0.3 is 23.5 Å². The summed E-state index contributed by atoms with van der Waals surface area (Å²) in [5.41, 5.74) is 2.06. The molecular formula is C23H35NO5Si. The van der Waals surface area contributed by atoms with E-state index in [2.05, 4.69) is 33.9 Å². The maximum atomic E-state index is 12.9. The van der Waals surface area contributed by atoms with Crippen LogP contribution in [-0.4, -0.2) is 53.5 Å². The quantitative estimate of drug-likeness (QED) is 0.348. The summed E-state index contributed by atoms with van der Waals surface area (Å²) in [5.74, 6) is 0.769. The largest absolute Gasteiger partial charge is 0.468 e. The van der Waals surface area contributed by atoms with E-state index in [4.69, 9.17) is 18.6 Å². The second kappa shape index (κ2) is 9.22. The summed E-state index contributed by atoms with van der Waals surface area (Å²) in [6.45, 7) is 12.5. The molecule has 0 fully saturated rings. The van der Waals surface area contributed by atoms with Crippen molar-refractivity contribution in [2.75, 3.05) is 32.0 Å². The van der Waals surface area contributed by atoms with E-state index < -0.39 is 8.32 Å². The minimum atomic E-state index is -1.96. The van der Waals surface area contributed by atoms with Gasteiger partial charge in [0.2, 0.25) is 0 Å². The summed E-state index contributed by atoms with van der Waals surface area (Å²) < 4.78 is 22.9. The zero-order valence-electron chi connectivity index (χ0n) is 19.1. The molecule has 2 aliphatic rings. The van der Waals surface area contributed by atoms with Gasteiger partial charge in [-0.1, -0.05) is 26.8 Å². The van der Waals surface area contributed by atoms with Gasteiger partial charge >= 0.3 is 0 Å². The highest BCUT2D eigenvalue weighted by atomic mass is 28.4. The highest BCUT2D eigenvalue weighted by molar-refractivity contribution is 6.74. The van der Waals surface area contributed by atoms with Crippen LogP contribution in [0.2, 0.25) is 18.1 Å². The van der Waals surface area contributed by atoms with Gasteiger partial charge in [-0.2, -0.15) is 0 Å². The second-order valence-electron chi connectivity index (χ2n) is 9.49. The SMILES string of the molecule is COCCOCOc1ccc2c(c1)C[C@H]1[C@@H](O[Si](C)(C)C(C)(C)C)CC=CC(=O)N21. The Labute approximate surface area is 181 Å². The average molecular weight is 434 g/mol. The molecule has 0 spiro atoms. The molecule has 0 N–H and O–H groups in total. The Kier molecular flexibility index (Phi) is 7.07. The topological polar surface area (TPSA) is 57.2 Å². The minimum absolute atomic E-state index is 0.00447. The highest BCUT2D eigenvalue weighted by Crippen LogP contribution is 2.42. The standard InChI is InChI=1S/C23H35NO5Si/c1-23(2,3)30(5,6)29-21-8-7-9-22(25)24-19-11-10-18(14-17(19)15-20(21)24)28-16-27-13-12-26-4/h7,9-11,14,20-21H,8,12-13,15-16H2,1-6H3/t20-,21-/m0/s1. The van der Waals surface area contributed by atoms with Crippen molar-refractivity contribution in [3.8, 4) is 5.75 Å². The molecular weight excluding hydrogens is 398 g/mol. The lowest BCUT2D eigenvalue weighted by atomic mass is 10.0. The summed E-state index contributed by atoms with van der Waals surface area (Å²) in [6, 6.07) is 5.89. The zero-order chi connectivity index (χ0) is 21.9. The summed E-state index contributed by atoms with van der Waals surface area (Å²) in [5, 5.41) is 0.118. The third-order valence-corrected chi connectivity index (χ3v) is 10.9. The van der Waals surface area contributed by atoms with E-state index in [1.165, 1.54) is 0 Å². The number of amides is 1. The average Bonchev–Trinajstić information content (AvgIpc) is 2.97. The van der Waals surface area contributed by atoms with Crippen LogP contribution in [0, 0.1) is 0 Å². The van der Waals surface area contributed by atoms with E-state index in [1.807, 2.05) is 29.2 Å². The Morgan fingerprint density at radius 2 is 1.97 bits per heavy atom. The lowest BCUT2D eigenvalue weighted by molar-refractivity contribution is -0.114. The summed E-state index contributed by atoms with van der Waals surface area (Å²) in [6.07, 6.45) is 5.16. The van der Waals surface area contributed by atoms with Gasteiger partial charge in [0.1, 0.15) is 5.75 Å². The van der Waals surface area contributed by atoms with Crippen molar-refractivity contribution in [3.05, 3.63) is 35.9 Å². The monoisotopic (exact) mass is 433 g/mol. The Hall–Kier alpha value is -1.67. The Morgan fingerprint density at radius 1 is 1.20 bits per heavy atom. The second-order valence-corrected chi connectivity index (χ2v) is 14.2. The van der Waals surface area contributed by atoms with Crippen molar-refractivity contribution in [1.29, 1.82) is 0 Å². The van der Waals surface area contributed by atoms with Crippen molar-refractivity contribution in [1.82, 2.24) is 0 Å². The van der Waals surface area contributed by atoms with Crippen LogP contribution >= 0.6 is 0 Å². The fourth-order valence-electron chi connectivity index (χ4n) is 3.66. The van der Waals surface area contributed by atoms with Gasteiger partial charge in [0.05, 0.1) is 25.4 Å². The molecule has 0 bridgehead atoms. The van der Waals surface area contributed by atoms with Gasteiger partial charge in [-0.25, -0.2) is 0 Å². The van der Waals surface area contributed by atoms with Crippen LogP contribution in [0.3, 0.4) is 0 Å². The number of carbonyl (C=O) groups excluding carboxylic acids is 1. The van der Waals surface area contributed by atoms with Crippen LogP contribution in [0.15, 0.2) is 30.4 Å². The van der Waals surface area contributed by atoms with Crippen LogP contribution < -0.4 is 9.64 Å². The van der Waals surface area contributed by atoms with Crippen LogP contribution in [0.1, 0.15) is 32.8 Å². The maximum absolute atomic E-state index is 12.9. The third-order valence-electron chi connectivity index (χ3n) is 6.36. The number of anilines is 1. The van der Waals surface area contributed by atoms with Crippen molar-refractivity contribution in [2.24, 2.45) is 0 Å². The molecule has 7 heteroatoms. The molecule has 2 heterocycles. The number of benzene rings is 1. The molecule has 2 aliphatic heterocycles. The zero-order valence-corrected chi connectivity index (χ0v) is 20.1. The molecule has 0 saturated carbocycles. The van der Waals surface area contributed by atoms with Gasteiger partial charge in [-0.15, -0.1) is 0 Å². The molecule has 0 aliphatic carbocycles. The molecule has 1 aromatic carbocycles. The number of nitrogens with zero attached hydrogens (tertiary/aromatic N) is 1. The first-order valence-corrected chi connectivity index (χ1v) is 13.5. The van der Waals surface area contributed by atoms with Crippen LogP contribution in [-0.2, 0) is 25.1 Å². The lowest BCUT2D eigenvalue weighted by Gasteiger charge is -2.41. The van der Waals surface area contributed by atoms with Gasteiger partial charge in [0, 0.05) is 12.8 Å². The Bertz CT molecular complexity index is 786. The number of hydrogen-bond donors (Lipinski definition) is 0. The predicted molar refractivity (Wildman–Crippen MR) is 121 cm³/mol. The summed E-state index contributed by atoms with van der Waals surface area (Å²) in [4.78, 5) is 14.8. The Morgan fingerprint density at radius 3 is 2.67 bits per heavy atom. The normalized spacial score (nSPS) is 21.4. The van der Waals surface area contributed by atoms with Gasteiger partial charge in [-0.3, -0.25) is 4.79 Å². The molecule has 0 saturated heterocycles. The van der Waals surface area contributed by atoms with E-state index >= 15 is 0 Å². The van der Waals surface area contributed by atoms with E-state index in [-0.39, 0.29) is 29.9 Å². The molecule has 2 atom stereocenters. The summed E-state index contributed by atoms with van der Waals surface area (Å²) >= 11 is 0. The molecule has 0 unspecified atom stereocenters. The van der Waals surface area contributed by atoms with Crippen LogP contribution in [0.4, 0.5) is 5.69 Å². The smallest absolute Gasteiger partial charge is 0.251 e. The number of ether oxygens (including phenoxy) is 3.